The van der Waals surface area contributed by atoms with Gasteiger partial charge in [-0.3, -0.25) is 0 Å². The summed E-state index contributed by atoms with van der Waals surface area (Å²) >= 11 is 0. The molecule has 2 heteroatoms. The van der Waals surface area contributed by atoms with Crippen LogP contribution in [0.2, 0.25) is 0 Å². The maximum Gasteiger partial charge on any atom is 0.0945 e. The van der Waals surface area contributed by atoms with Gasteiger partial charge in [0.25, 0.3) is 0 Å². The van der Waals surface area contributed by atoms with Crippen LogP contribution in [-0.2, 0) is 4.74 Å². The first-order valence-electron chi connectivity index (χ1n) is 6.74. The highest BCUT2D eigenvalue weighted by Gasteiger charge is 2.44. The monoisotopic (exact) mass is 228 g/mol. The van der Waals surface area contributed by atoms with E-state index in [1.54, 1.807) is 0 Å². The zero-order valence-corrected chi connectivity index (χ0v) is 11.4. The molecule has 1 aliphatic rings. The first-order chi connectivity index (χ1) is 7.42. The van der Waals surface area contributed by atoms with E-state index in [1.165, 1.54) is 25.7 Å². The minimum absolute atomic E-state index is 0.0977. The number of aliphatic hydroxyl groups excluding tert-OH is 1. The van der Waals surface area contributed by atoms with Gasteiger partial charge in [0.2, 0.25) is 0 Å². The topological polar surface area (TPSA) is 29.5 Å². The molecule has 0 radical (unpaired) electrons. The average molecular weight is 228 g/mol. The number of ether oxygens (including phenoxy) is 1. The molecular formula is C14H28O2. The second-order valence-electron chi connectivity index (χ2n) is 6.18. The third kappa shape index (κ3) is 3.21. The smallest absolute Gasteiger partial charge is 0.0945 e. The molecule has 2 nitrogen and oxygen atoms in total. The molecule has 1 rings (SSSR count). The first-order valence-corrected chi connectivity index (χ1v) is 6.74. The van der Waals surface area contributed by atoms with Crippen molar-refractivity contribution in [3.05, 3.63) is 0 Å². The van der Waals surface area contributed by atoms with Gasteiger partial charge >= 0.3 is 0 Å². The van der Waals surface area contributed by atoms with Crippen molar-refractivity contribution in [2.24, 2.45) is 5.41 Å². The van der Waals surface area contributed by atoms with Crippen LogP contribution >= 0.6 is 0 Å². The van der Waals surface area contributed by atoms with Gasteiger partial charge in [-0.25, -0.2) is 0 Å². The lowest BCUT2D eigenvalue weighted by molar-refractivity contribution is -0.162. The minimum atomic E-state index is -0.363. The summed E-state index contributed by atoms with van der Waals surface area (Å²) in [5, 5.41) is 10.6. The number of hydrogen-bond acceptors (Lipinski definition) is 2. The van der Waals surface area contributed by atoms with Crippen LogP contribution in [0.5, 0.6) is 0 Å². The van der Waals surface area contributed by atoms with Crippen LogP contribution in [-0.4, -0.2) is 23.4 Å². The molecule has 0 spiro atoms. The van der Waals surface area contributed by atoms with Crippen LogP contribution in [0.4, 0.5) is 0 Å². The Hall–Kier alpha value is -0.0800. The maximum absolute atomic E-state index is 10.6. The molecule has 1 aliphatic carbocycles. The van der Waals surface area contributed by atoms with Crippen LogP contribution in [0.25, 0.3) is 0 Å². The number of hydrogen-bond donors (Lipinski definition) is 1. The lowest BCUT2D eigenvalue weighted by Gasteiger charge is -2.43. The summed E-state index contributed by atoms with van der Waals surface area (Å²) in [6.45, 7) is 9.03. The molecule has 0 bridgehead atoms. The zero-order chi connectivity index (χ0) is 12.2. The van der Waals surface area contributed by atoms with E-state index in [2.05, 4.69) is 20.8 Å². The van der Waals surface area contributed by atoms with E-state index in [9.17, 15) is 5.11 Å². The lowest BCUT2D eigenvalue weighted by atomic mass is 9.75. The van der Waals surface area contributed by atoms with Crippen molar-refractivity contribution in [2.45, 2.75) is 77.9 Å². The zero-order valence-electron chi connectivity index (χ0n) is 11.4. The Bertz CT molecular complexity index is 197. The summed E-state index contributed by atoms with van der Waals surface area (Å²) in [5.41, 5.74) is -0.386. The van der Waals surface area contributed by atoms with Crippen LogP contribution in [0.15, 0.2) is 0 Å². The SMILES string of the molecule is CCOC1(C(O)C(C)(C)C)CCCCCC1. The van der Waals surface area contributed by atoms with E-state index >= 15 is 0 Å². The molecule has 0 aromatic heterocycles. The van der Waals surface area contributed by atoms with E-state index in [-0.39, 0.29) is 17.1 Å². The van der Waals surface area contributed by atoms with Crippen LogP contribution in [0, 0.1) is 5.41 Å². The van der Waals surface area contributed by atoms with Gasteiger partial charge in [-0.15, -0.1) is 0 Å². The molecule has 1 saturated carbocycles. The van der Waals surface area contributed by atoms with Crippen LogP contribution < -0.4 is 0 Å². The Labute approximate surface area is 100 Å². The molecule has 1 fully saturated rings. The Morgan fingerprint density at radius 3 is 2.00 bits per heavy atom. The normalized spacial score (nSPS) is 23.8. The molecule has 1 N–H and O–H groups in total. The van der Waals surface area contributed by atoms with Gasteiger partial charge in [0.1, 0.15) is 0 Å². The molecule has 0 amide bonds. The van der Waals surface area contributed by atoms with Crippen molar-refractivity contribution in [3.8, 4) is 0 Å². The van der Waals surface area contributed by atoms with Crippen molar-refractivity contribution in [2.75, 3.05) is 6.61 Å². The van der Waals surface area contributed by atoms with Gasteiger partial charge in [0, 0.05) is 6.61 Å². The predicted molar refractivity (Wildman–Crippen MR) is 67.5 cm³/mol. The van der Waals surface area contributed by atoms with E-state index < -0.39 is 0 Å². The molecule has 0 aliphatic heterocycles. The van der Waals surface area contributed by atoms with E-state index in [0.717, 1.165) is 12.8 Å². The molecule has 0 saturated heterocycles. The van der Waals surface area contributed by atoms with Gasteiger partial charge < -0.3 is 9.84 Å². The summed E-state index contributed by atoms with van der Waals surface area (Å²) in [6.07, 6.45) is 6.61. The van der Waals surface area contributed by atoms with Gasteiger partial charge in [-0.2, -0.15) is 0 Å². The van der Waals surface area contributed by atoms with Crippen LogP contribution in [0.3, 0.4) is 0 Å². The van der Waals surface area contributed by atoms with Gasteiger partial charge in [-0.1, -0.05) is 46.5 Å². The van der Waals surface area contributed by atoms with E-state index in [1.807, 2.05) is 6.92 Å². The Morgan fingerprint density at radius 1 is 1.12 bits per heavy atom. The van der Waals surface area contributed by atoms with Crippen molar-refractivity contribution < 1.29 is 9.84 Å². The maximum atomic E-state index is 10.6. The van der Waals surface area contributed by atoms with Crippen molar-refractivity contribution >= 4 is 0 Å². The molecule has 0 aromatic carbocycles. The van der Waals surface area contributed by atoms with Crippen molar-refractivity contribution in [3.63, 3.8) is 0 Å². The fourth-order valence-electron chi connectivity index (χ4n) is 2.90. The summed E-state index contributed by atoms with van der Waals surface area (Å²) in [5.74, 6) is 0. The molecule has 16 heavy (non-hydrogen) atoms. The summed E-state index contributed by atoms with van der Waals surface area (Å²) in [6, 6.07) is 0. The fourth-order valence-corrected chi connectivity index (χ4v) is 2.90. The Morgan fingerprint density at radius 2 is 1.62 bits per heavy atom. The van der Waals surface area contributed by atoms with Gasteiger partial charge in [0.05, 0.1) is 11.7 Å². The second-order valence-corrected chi connectivity index (χ2v) is 6.18. The Kier molecular flexibility index (Phi) is 4.81. The summed E-state index contributed by atoms with van der Waals surface area (Å²) < 4.78 is 5.99. The van der Waals surface area contributed by atoms with Gasteiger partial charge in [-0.05, 0) is 25.2 Å². The fraction of sp³-hybridized carbons (Fsp3) is 1.00. The summed E-state index contributed by atoms with van der Waals surface area (Å²) in [7, 11) is 0. The molecular weight excluding hydrogens is 200 g/mol. The largest absolute Gasteiger partial charge is 0.390 e. The predicted octanol–water partition coefficient (Wildman–Crippen LogP) is 3.52. The average Bonchev–Trinajstić information content (AvgIpc) is 2.42. The molecule has 96 valence electrons. The quantitative estimate of drug-likeness (QED) is 0.749. The third-order valence-electron chi connectivity index (χ3n) is 3.70. The summed E-state index contributed by atoms with van der Waals surface area (Å²) in [4.78, 5) is 0. The first kappa shape index (κ1) is 14.0. The van der Waals surface area contributed by atoms with Gasteiger partial charge in [0.15, 0.2) is 0 Å². The minimum Gasteiger partial charge on any atom is -0.390 e. The highest BCUT2D eigenvalue weighted by Crippen LogP contribution is 2.40. The highest BCUT2D eigenvalue weighted by molar-refractivity contribution is 4.95. The second kappa shape index (κ2) is 5.50. The standard InChI is InChI=1S/C14H28O2/c1-5-16-14(12(15)13(2,3)4)10-8-6-7-9-11-14/h12,15H,5-11H2,1-4H3. The Balaban J connectivity index is 2.84. The third-order valence-corrected chi connectivity index (χ3v) is 3.70. The molecule has 0 heterocycles. The van der Waals surface area contributed by atoms with Crippen molar-refractivity contribution in [1.82, 2.24) is 0 Å². The molecule has 1 atom stereocenters. The number of aliphatic hydroxyl groups is 1. The number of rotatable bonds is 3. The van der Waals surface area contributed by atoms with Crippen LogP contribution in [0.1, 0.15) is 66.2 Å². The highest BCUT2D eigenvalue weighted by atomic mass is 16.5. The molecule has 0 aromatic rings. The molecule has 1 unspecified atom stereocenters. The van der Waals surface area contributed by atoms with E-state index in [0.29, 0.717) is 6.61 Å². The van der Waals surface area contributed by atoms with E-state index in [4.69, 9.17) is 4.74 Å². The van der Waals surface area contributed by atoms with Crippen molar-refractivity contribution in [1.29, 1.82) is 0 Å². The lowest BCUT2D eigenvalue weighted by Crippen LogP contribution is -2.51.